The number of halogens is 1. The van der Waals surface area contributed by atoms with Gasteiger partial charge in [0.25, 0.3) is 0 Å². The molecule has 3 nitrogen and oxygen atoms in total. The molecule has 16 heavy (non-hydrogen) atoms. The predicted molar refractivity (Wildman–Crippen MR) is 66.2 cm³/mol. The molecule has 2 aromatic rings. The minimum Gasteiger partial charge on any atom is -0.398 e. The number of nitrogens with zero attached hydrogens (tertiary/aromatic N) is 1. The number of pyridine rings is 1. The third-order valence-corrected chi connectivity index (χ3v) is 2.88. The molecule has 0 amide bonds. The van der Waals surface area contributed by atoms with Gasteiger partial charge in [-0.15, -0.1) is 0 Å². The summed E-state index contributed by atoms with van der Waals surface area (Å²) in [5.41, 5.74) is 7.33. The second-order valence-electron chi connectivity index (χ2n) is 3.27. The molecule has 1 aromatic carbocycles. The third-order valence-electron chi connectivity index (χ3n) is 2.22. The summed E-state index contributed by atoms with van der Waals surface area (Å²) < 4.78 is 0.703. The van der Waals surface area contributed by atoms with Crippen molar-refractivity contribution in [3.05, 3.63) is 58.3 Å². The lowest BCUT2D eigenvalue weighted by Crippen LogP contribution is -2.06. The Labute approximate surface area is 101 Å². The van der Waals surface area contributed by atoms with Crippen molar-refractivity contribution in [3.63, 3.8) is 0 Å². The maximum Gasteiger partial charge on any atom is 0.196 e. The maximum atomic E-state index is 12.2. The minimum atomic E-state index is -0.104. The van der Waals surface area contributed by atoms with E-state index in [1.807, 2.05) is 0 Å². The van der Waals surface area contributed by atoms with Crippen LogP contribution in [0.4, 0.5) is 5.69 Å². The second-order valence-corrected chi connectivity index (χ2v) is 4.12. The molecule has 0 aliphatic heterocycles. The third kappa shape index (κ3) is 1.97. The average Bonchev–Trinajstić information content (AvgIpc) is 2.30. The topological polar surface area (TPSA) is 56.0 Å². The van der Waals surface area contributed by atoms with Gasteiger partial charge >= 0.3 is 0 Å². The number of carbonyl (C=O) groups is 1. The number of nitrogen functional groups attached to an aromatic ring is 1. The average molecular weight is 277 g/mol. The molecule has 0 spiro atoms. The Morgan fingerprint density at radius 2 is 1.88 bits per heavy atom. The molecular formula is C12H9BrN2O. The summed E-state index contributed by atoms with van der Waals surface area (Å²) in [6, 6.07) is 8.63. The number of benzene rings is 1. The van der Waals surface area contributed by atoms with Gasteiger partial charge in [0.2, 0.25) is 0 Å². The summed E-state index contributed by atoms with van der Waals surface area (Å²) in [6.45, 7) is 0. The van der Waals surface area contributed by atoms with Crippen molar-refractivity contribution in [2.75, 3.05) is 5.73 Å². The van der Waals surface area contributed by atoms with E-state index in [0.717, 1.165) is 0 Å². The smallest absolute Gasteiger partial charge is 0.196 e. The Morgan fingerprint density at radius 3 is 2.50 bits per heavy atom. The van der Waals surface area contributed by atoms with E-state index in [2.05, 4.69) is 20.9 Å². The van der Waals surface area contributed by atoms with Crippen LogP contribution in [0.3, 0.4) is 0 Å². The van der Waals surface area contributed by atoms with E-state index in [1.54, 1.807) is 42.7 Å². The molecule has 4 heteroatoms. The quantitative estimate of drug-likeness (QED) is 0.678. The maximum absolute atomic E-state index is 12.2. The standard InChI is InChI=1S/C12H9BrN2O/c13-9-2-1-3-10(14)11(9)12(16)8-4-6-15-7-5-8/h1-7H,14H2. The molecule has 0 saturated carbocycles. The summed E-state index contributed by atoms with van der Waals surface area (Å²) in [4.78, 5) is 16.0. The van der Waals surface area contributed by atoms with Gasteiger partial charge in [-0.3, -0.25) is 9.78 Å². The van der Waals surface area contributed by atoms with Crippen molar-refractivity contribution < 1.29 is 4.79 Å². The lowest BCUT2D eigenvalue weighted by molar-refractivity contribution is 0.103. The Balaban J connectivity index is 2.50. The monoisotopic (exact) mass is 276 g/mol. The van der Waals surface area contributed by atoms with Gasteiger partial charge in [-0.2, -0.15) is 0 Å². The van der Waals surface area contributed by atoms with E-state index in [-0.39, 0.29) is 5.78 Å². The van der Waals surface area contributed by atoms with Crippen LogP contribution in [0.25, 0.3) is 0 Å². The number of carbonyl (C=O) groups excluding carboxylic acids is 1. The van der Waals surface area contributed by atoms with Crippen LogP contribution < -0.4 is 5.73 Å². The zero-order valence-corrected chi connectivity index (χ0v) is 9.94. The van der Waals surface area contributed by atoms with Crippen molar-refractivity contribution in [2.45, 2.75) is 0 Å². The molecule has 2 rings (SSSR count). The molecule has 80 valence electrons. The number of nitrogens with two attached hydrogens (primary N) is 1. The highest BCUT2D eigenvalue weighted by molar-refractivity contribution is 9.10. The van der Waals surface area contributed by atoms with Crippen LogP contribution in [0.5, 0.6) is 0 Å². The normalized spacial score (nSPS) is 10.1. The van der Waals surface area contributed by atoms with E-state index >= 15 is 0 Å². The molecule has 0 fully saturated rings. The fraction of sp³-hybridized carbons (Fsp3) is 0. The van der Waals surface area contributed by atoms with Crippen molar-refractivity contribution in [1.29, 1.82) is 0 Å². The summed E-state index contributed by atoms with van der Waals surface area (Å²) in [7, 11) is 0. The van der Waals surface area contributed by atoms with E-state index in [9.17, 15) is 4.79 Å². The molecule has 1 heterocycles. The van der Waals surface area contributed by atoms with E-state index in [4.69, 9.17) is 5.73 Å². The number of hydrogen-bond acceptors (Lipinski definition) is 3. The van der Waals surface area contributed by atoms with Crippen LogP contribution in [-0.2, 0) is 0 Å². The van der Waals surface area contributed by atoms with Crippen molar-refractivity contribution >= 4 is 27.4 Å². The number of aromatic nitrogens is 1. The van der Waals surface area contributed by atoms with Crippen LogP contribution in [0.15, 0.2) is 47.2 Å². The van der Waals surface area contributed by atoms with Gasteiger partial charge in [-0.25, -0.2) is 0 Å². The molecule has 0 saturated heterocycles. The van der Waals surface area contributed by atoms with Crippen molar-refractivity contribution in [2.24, 2.45) is 0 Å². The van der Waals surface area contributed by atoms with Gasteiger partial charge in [0.1, 0.15) is 0 Å². The number of rotatable bonds is 2. The van der Waals surface area contributed by atoms with Gasteiger partial charge in [0, 0.05) is 28.1 Å². The molecule has 0 atom stereocenters. The van der Waals surface area contributed by atoms with Crippen molar-refractivity contribution in [3.8, 4) is 0 Å². The summed E-state index contributed by atoms with van der Waals surface area (Å²) in [6.07, 6.45) is 3.17. The van der Waals surface area contributed by atoms with Crippen LogP contribution in [0.2, 0.25) is 0 Å². The van der Waals surface area contributed by atoms with Gasteiger partial charge in [-0.1, -0.05) is 6.07 Å². The minimum absolute atomic E-state index is 0.104. The van der Waals surface area contributed by atoms with Crippen LogP contribution in [0.1, 0.15) is 15.9 Å². The number of hydrogen-bond donors (Lipinski definition) is 1. The molecule has 0 bridgehead atoms. The fourth-order valence-corrected chi connectivity index (χ4v) is 1.99. The molecule has 0 aliphatic carbocycles. The first-order valence-electron chi connectivity index (χ1n) is 4.69. The van der Waals surface area contributed by atoms with Crippen molar-refractivity contribution in [1.82, 2.24) is 4.98 Å². The highest BCUT2D eigenvalue weighted by Gasteiger charge is 2.14. The Hall–Kier alpha value is -1.68. The van der Waals surface area contributed by atoms with E-state index in [1.165, 1.54) is 0 Å². The highest BCUT2D eigenvalue weighted by Crippen LogP contribution is 2.25. The predicted octanol–water partition coefficient (Wildman–Crippen LogP) is 2.66. The number of anilines is 1. The molecule has 0 aliphatic rings. The zero-order chi connectivity index (χ0) is 11.5. The zero-order valence-electron chi connectivity index (χ0n) is 8.35. The summed E-state index contributed by atoms with van der Waals surface area (Å²) in [5, 5.41) is 0. The summed E-state index contributed by atoms with van der Waals surface area (Å²) >= 11 is 3.33. The van der Waals surface area contributed by atoms with Crippen LogP contribution >= 0.6 is 15.9 Å². The fourth-order valence-electron chi connectivity index (χ4n) is 1.43. The van der Waals surface area contributed by atoms with E-state index < -0.39 is 0 Å². The first-order chi connectivity index (χ1) is 7.70. The Morgan fingerprint density at radius 1 is 1.19 bits per heavy atom. The first-order valence-corrected chi connectivity index (χ1v) is 5.48. The molecule has 1 aromatic heterocycles. The lowest BCUT2D eigenvalue weighted by Gasteiger charge is -2.06. The van der Waals surface area contributed by atoms with Gasteiger partial charge < -0.3 is 5.73 Å². The second kappa shape index (κ2) is 4.45. The molecular weight excluding hydrogens is 268 g/mol. The molecule has 0 unspecified atom stereocenters. The SMILES string of the molecule is Nc1cccc(Br)c1C(=O)c1ccncc1. The van der Waals surface area contributed by atoms with Gasteiger partial charge in [0.15, 0.2) is 5.78 Å². The largest absolute Gasteiger partial charge is 0.398 e. The van der Waals surface area contributed by atoms with E-state index in [0.29, 0.717) is 21.3 Å². The van der Waals surface area contributed by atoms with Crippen LogP contribution in [0, 0.1) is 0 Å². The molecule has 0 radical (unpaired) electrons. The van der Waals surface area contributed by atoms with Gasteiger partial charge in [-0.05, 0) is 40.2 Å². The summed E-state index contributed by atoms with van der Waals surface area (Å²) in [5.74, 6) is -0.104. The van der Waals surface area contributed by atoms with Crippen LogP contribution in [-0.4, -0.2) is 10.8 Å². The highest BCUT2D eigenvalue weighted by atomic mass is 79.9. The Kier molecular flexibility index (Phi) is 3.01. The van der Waals surface area contributed by atoms with Gasteiger partial charge in [0.05, 0.1) is 5.56 Å². The number of ketones is 1. The molecule has 2 N–H and O–H groups in total. The first kappa shape index (κ1) is 10.8. The lowest BCUT2D eigenvalue weighted by atomic mass is 10.0. The Bertz CT molecular complexity index is 506.